The topological polar surface area (TPSA) is 24.4 Å². The number of amidine groups is 1. The Labute approximate surface area is 108 Å². The minimum absolute atomic E-state index is 0.169. The van der Waals surface area contributed by atoms with Crippen molar-refractivity contribution >= 4 is 11.5 Å². The van der Waals surface area contributed by atoms with Gasteiger partial charge in [0, 0.05) is 5.69 Å². The Bertz CT molecular complexity index is 503. The Balaban J connectivity index is 2.05. The van der Waals surface area contributed by atoms with E-state index in [-0.39, 0.29) is 6.04 Å². The molecule has 0 fully saturated rings. The van der Waals surface area contributed by atoms with E-state index in [1.165, 1.54) is 5.56 Å². The number of hydrogen-bond donors (Lipinski definition) is 1. The molecular formula is C16H18N2. The van der Waals surface area contributed by atoms with Gasteiger partial charge in [0.2, 0.25) is 0 Å². The summed E-state index contributed by atoms with van der Waals surface area (Å²) in [5.41, 5.74) is 2.30. The fraction of sp³-hybridized carbons (Fsp3) is 0.188. The van der Waals surface area contributed by atoms with Gasteiger partial charge in [-0.05, 0) is 31.5 Å². The van der Waals surface area contributed by atoms with E-state index in [9.17, 15) is 0 Å². The molecule has 2 heteroatoms. The van der Waals surface area contributed by atoms with Gasteiger partial charge in [-0.15, -0.1) is 0 Å². The highest BCUT2D eigenvalue weighted by atomic mass is 15.0. The van der Waals surface area contributed by atoms with Crippen molar-refractivity contribution in [1.29, 1.82) is 0 Å². The fourth-order valence-corrected chi connectivity index (χ4v) is 1.86. The summed E-state index contributed by atoms with van der Waals surface area (Å²) >= 11 is 0. The number of para-hydroxylation sites is 1. The van der Waals surface area contributed by atoms with E-state index in [0.717, 1.165) is 11.5 Å². The second kappa shape index (κ2) is 6.01. The zero-order valence-corrected chi connectivity index (χ0v) is 10.8. The molecule has 0 amide bonds. The van der Waals surface area contributed by atoms with Crippen LogP contribution < -0.4 is 5.32 Å². The summed E-state index contributed by atoms with van der Waals surface area (Å²) in [5.74, 6) is 0.928. The Hall–Kier alpha value is -2.09. The van der Waals surface area contributed by atoms with Gasteiger partial charge in [0.25, 0.3) is 0 Å². The van der Waals surface area contributed by atoms with Crippen LogP contribution >= 0.6 is 0 Å². The van der Waals surface area contributed by atoms with E-state index < -0.39 is 0 Å². The Morgan fingerprint density at radius 3 is 2.11 bits per heavy atom. The number of aliphatic imine (C=N–C) groups is 1. The molecule has 0 aromatic heterocycles. The number of nitrogens with one attached hydrogen (secondary N) is 1. The highest BCUT2D eigenvalue weighted by Crippen LogP contribution is 2.16. The smallest absolute Gasteiger partial charge is 0.0983 e. The quantitative estimate of drug-likeness (QED) is 0.626. The van der Waals surface area contributed by atoms with Crippen molar-refractivity contribution in [2.75, 3.05) is 5.32 Å². The average molecular weight is 238 g/mol. The third-order valence-corrected chi connectivity index (χ3v) is 2.77. The predicted octanol–water partition coefficient (Wildman–Crippen LogP) is 4.28. The first kappa shape index (κ1) is 12.4. The highest BCUT2D eigenvalue weighted by molar-refractivity contribution is 5.93. The van der Waals surface area contributed by atoms with Crippen molar-refractivity contribution in [1.82, 2.24) is 0 Å². The number of nitrogens with zero attached hydrogens (tertiary/aromatic N) is 1. The summed E-state index contributed by atoms with van der Waals surface area (Å²) in [4.78, 5) is 4.65. The van der Waals surface area contributed by atoms with Crippen molar-refractivity contribution < 1.29 is 0 Å². The van der Waals surface area contributed by atoms with Crippen molar-refractivity contribution in [2.45, 2.75) is 19.9 Å². The molecule has 0 heterocycles. The highest BCUT2D eigenvalue weighted by Gasteiger charge is 2.02. The minimum Gasteiger partial charge on any atom is -0.344 e. The van der Waals surface area contributed by atoms with E-state index in [4.69, 9.17) is 0 Å². The van der Waals surface area contributed by atoms with Crippen molar-refractivity contribution in [2.24, 2.45) is 4.99 Å². The van der Waals surface area contributed by atoms with E-state index in [1.807, 2.05) is 55.5 Å². The van der Waals surface area contributed by atoms with Gasteiger partial charge in [0.15, 0.2) is 0 Å². The van der Waals surface area contributed by atoms with Crippen LogP contribution in [0.2, 0.25) is 0 Å². The minimum atomic E-state index is 0.169. The van der Waals surface area contributed by atoms with Crippen LogP contribution in [-0.2, 0) is 0 Å². The second-order valence-corrected chi connectivity index (χ2v) is 4.29. The molecule has 1 unspecified atom stereocenters. The molecule has 0 aliphatic heterocycles. The lowest BCUT2D eigenvalue weighted by molar-refractivity contribution is 0.819. The normalized spacial score (nSPS) is 13.1. The maximum Gasteiger partial charge on any atom is 0.0983 e. The van der Waals surface area contributed by atoms with E-state index >= 15 is 0 Å². The molecule has 18 heavy (non-hydrogen) atoms. The Morgan fingerprint density at radius 2 is 1.50 bits per heavy atom. The zero-order chi connectivity index (χ0) is 12.8. The molecule has 0 aliphatic rings. The number of rotatable bonds is 3. The van der Waals surface area contributed by atoms with Gasteiger partial charge in [0.1, 0.15) is 0 Å². The maximum atomic E-state index is 4.65. The summed E-state index contributed by atoms with van der Waals surface area (Å²) in [6.07, 6.45) is 0. The molecule has 1 N–H and O–H groups in total. The molecule has 0 spiro atoms. The standard InChI is InChI=1S/C16H18N2/c1-13(15-9-5-3-6-10-15)17-14(2)18-16-11-7-4-8-12-16/h3-13H,1-2H3,(H,17,18). The van der Waals surface area contributed by atoms with Crippen molar-refractivity contribution in [3.8, 4) is 0 Å². The molecule has 0 saturated carbocycles. The third kappa shape index (κ3) is 3.45. The molecule has 0 radical (unpaired) electrons. The fourth-order valence-electron chi connectivity index (χ4n) is 1.86. The first-order valence-corrected chi connectivity index (χ1v) is 6.17. The number of anilines is 1. The molecule has 0 saturated heterocycles. The van der Waals surface area contributed by atoms with Gasteiger partial charge in [-0.1, -0.05) is 48.5 Å². The lowest BCUT2D eigenvalue weighted by atomic mass is 10.1. The first-order valence-electron chi connectivity index (χ1n) is 6.17. The largest absolute Gasteiger partial charge is 0.344 e. The Kier molecular flexibility index (Phi) is 4.13. The number of hydrogen-bond acceptors (Lipinski definition) is 1. The summed E-state index contributed by atoms with van der Waals surface area (Å²) in [7, 11) is 0. The van der Waals surface area contributed by atoms with Crippen LogP contribution in [0, 0.1) is 0 Å². The van der Waals surface area contributed by atoms with Crippen LogP contribution in [-0.4, -0.2) is 5.84 Å². The molecule has 0 bridgehead atoms. The molecule has 0 aliphatic carbocycles. The van der Waals surface area contributed by atoms with Crippen LogP contribution in [0.4, 0.5) is 5.69 Å². The van der Waals surface area contributed by atoms with Gasteiger partial charge in [-0.2, -0.15) is 0 Å². The number of benzene rings is 2. The van der Waals surface area contributed by atoms with Gasteiger partial charge in [0.05, 0.1) is 11.9 Å². The van der Waals surface area contributed by atoms with Crippen LogP contribution in [0.1, 0.15) is 25.5 Å². The van der Waals surface area contributed by atoms with Crippen molar-refractivity contribution in [3.63, 3.8) is 0 Å². The van der Waals surface area contributed by atoms with Gasteiger partial charge < -0.3 is 5.32 Å². The first-order chi connectivity index (χ1) is 8.75. The van der Waals surface area contributed by atoms with Crippen LogP contribution in [0.3, 0.4) is 0 Å². The summed E-state index contributed by atoms with van der Waals surface area (Å²) < 4.78 is 0. The molecule has 2 aromatic rings. The van der Waals surface area contributed by atoms with E-state index in [1.54, 1.807) is 0 Å². The predicted molar refractivity (Wildman–Crippen MR) is 78.0 cm³/mol. The van der Waals surface area contributed by atoms with Crippen LogP contribution in [0.25, 0.3) is 0 Å². The maximum absolute atomic E-state index is 4.65. The van der Waals surface area contributed by atoms with Gasteiger partial charge >= 0.3 is 0 Å². The molecule has 92 valence electrons. The van der Waals surface area contributed by atoms with Gasteiger partial charge in [-0.3, -0.25) is 4.99 Å². The van der Waals surface area contributed by atoms with E-state index in [2.05, 4.69) is 29.4 Å². The lowest BCUT2D eigenvalue weighted by Crippen LogP contribution is -2.08. The Morgan fingerprint density at radius 1 is 0.944 bits per heavy atom. The van der Waals surface area contributed by atoms with Crippen LogP contribution in [0.15, 0.2) is 65.7 Å². The SMILES string of the molecule is CC(=NC(C)c1ccccc1)Nc1ccccc1. The average Bonchev–Trinajstić information content (AvgIpc) is 2.40. The van der Waals surface area contributed by atoms with Gasteiger partial charge in [-0.25, -0.2) is 0 Å². The summed E-state index contributed by atoms with van der Waals surface area (Å²) in [6.45, 7) is 4.10. The zero-order valence-electron chi connectivity index (χ0n) is 10.8. The summed E-state index contributed by atoms with van der Waals surface area (Å²) in [5, 5.41) is 3.29. The monoisotopic (exact) mass is 238 g/mol. The molecule has 1 atom stereocenters. The lowest BCUT2D eigenvalue weighted by Gasteiger charge is -2.10. The van der Waals surface area contributed by atoms with Crippen LogP contribution in [0.5, 0.6) is 0 Å². The second-order valence-electron chi connectivity index (χ2n) is 4.29. The van der Waals surface area contributed by atoms with E-state index in [0.29, 0.717) is 0 Å². The third-order valence-electron chi connectivity index (χ3n) is 2.77. The molecule has 2 nitrogen and oxygen atoms in total. The van der Waals surface area contributed by atoms with Crippen molar-refractivity contribution in [3.05, 3.63) is 66.2 Å². The summed E-state index contributed by atoms with van der Waals surface area (Å²) in [6, 6.07) is 20.6. The molecular weight excluding hydrogens is 220 g/mol. The molecule has 2 rings (SSSR count). The molecule has 2 aromatic carbocycles.